The maximum Gasteiger partial charge on any atom is 0.325 e. The van der Waals surface area contributed by atoms with E-state index in [-0.39, 0.29) is 18.5 Å². The van der Waals surface area contributed by atoms with E-state index in [0.29, 0.717) is 18.9 Å². The van der Waals surface area contributed by atoms with Gasteiger partial charge >= 0.3 is 6.03 Å². The maximum atomic E-state index is 12.4. The monoisotopic (exact) mass is 304 g/mol. The van der Waals surface area contributed by atoms with Gasteiger partial charge in [-0.3, -0.25) is 9.69 Å². The van der Waals surface area contributed by atoms with Gasteiger partial charge in [0.15, 0.2) is 0 Å². The Hall–Kier alpha value is -2.04. The van der Waals surface area contributed by atoms with Gasteiger partial charge in [0.25, 0.3) is 5.91 Å². The van der Waals surface area contributed by atoms with E-state index in [4.69, 9.17) is 4.74 Å². The minimum Gasteiger partial charge on any atom is -0.492 e. The summed E-state index contributed by atoms with van der Waals surface area (Å²) >= 11 is 0. The summed E-state index contributed by atoms with van der Waals surface area (Å²) in [5.41, 5.74) is 0.362. The van der Waals surface area contributed by atoms with Crippen LogP contribution in [0.3, 0.4) is 0 Å². The average molecular weight is 304 g/mol. The van der Waals surface area contributed by atoms with Crippen molar-refractivity contribution in [1.82, 2.24) is 10.2 Å². The number of rotatable bonds is 6. The van der Waals surface area contributed by atoms with Crippen molar-refractivity contribution < 1.29 is 14.3 Å². The van der Waals surface area contributed by atoms with Gasteiger partial charge in [-0.05, 0) is 38.3 Å². The Kier molecular flexibility index (Phi) is 4.74. The van der Waals surface area contributed by atoms with Crippen LogP contribution in [0.15, 0.2) is 24.3 Å². The molecule has 0 radical (unpaired) electrons. The quantitative estimate of drug-likeness (QED) is 0.822. The molecule has 1 unspecified atom stereocenters. The van der Waals surface area contributed by atoms with Crippen molar-refractivity contribution in [2.24, 2.45) is 5.92 Å². The number of hydrogen-bond acceptors (Lipinski definition) is 3. The molecule has 3 amide bonds. The van der Waals surface area contributed by atoms with Crippen molar-refractivity contribution in [2.45, 2.75) is 39.7 Å². The number of nitrogens with one attached hydrogen (secondary N) is 1. The van der Waals surface area contributed by atoms with Gasteiger partial charge in [0.1, 0.15) is 17.9 Å². The molecule has 2 rings (SSSR count). The molecule has 1 aliphatic heterocycles. The third kappa shape index (κ3) is 3.59. The molecule has 1 N–H and O–H groups in total. The van der Waals surface area contributed by atoms with Gasteiger partial charge in [0.2, 0.25) is 0 Å². The summed E-state index contributed by atoms with van der Waals surface area (Å²) in [7, 11) is 0. The van der Waals surface area contributed by atoms with Crippen LogP contribution in [0.5, 0.6) is 5.75 Å². The highest BCUT2D eigenvalue weighted by atomic mass is 16.5. The second kappa shape index (κ2) is 6.38. The van der Waals surface area contributed by atoms with E-state index in [2.05, 4.69) is 5.32 Å². The highest BCUT2D eigenvalue weighted by Gasteiger charge is 2.47. The summed E-state index contributed by atoms with van der Waals surface area (Å²) in [5, 5.41) is 2.80. The molecule has 0 bridgehead atoms. The van der Waals surface area contributed by atoms with Crippen LogP contribution in [-0.2, 0) is 4.79 Å². The normalized spacial score (nSPS) is 21.4. The number of amides is 3. The van der Waals surface area contributed by atoms with Crippen molar-refractivity contribution in [2.75, 3.05) is 13.2 Å². The summed E-state index contributed by atoms with van der Waals surface area (Å²) in [6, 6.07) is 7.35. The molecule has 5 nitrogen and oxygen atoms in total. The molecule has 1 aliphatic rings. The van der Waals surface area contributed by atoms with Gasteiger partial charge in [0, 0.05) is 0 Å². The standard InChI is InChI=1S/C17H24N2O3/c1-12(2)11-17(4)15(20)19(16(21)18-17)9-10-22-14-7-5-13(3)6-8-14/h5-8,12H,9-11H2,1-4H3,(H,18,21). The first-order chi connectivity index (χ1) is 10.3. The number of ether oxygens (including phenoxy) is 1. The number of urea groups is 1. The fourth-order valence-electron chi connectivity index (χ4n) is 2.79. The molecule has 0 saturated carbocycles. The first-order valence-corrected chi connectivity index (χ1v) is 7.65. The minimum atomic E-state index is -0.797. The first-order valence-electron chi connectivity index (χ1n) is 7.65. The zero-order valence-electron chi connectivity index (χ0n) is 13.7. The smallest absolute Gasteiger partial charge is 0.325 e. The van der Waals surface area contributed by atoms with Crippen LogP contribution in [-0.4, -0.2) is 35.5 Å². The molecule has 0 spiro atoms. The van der Waals surface area contributed by atoms with Crippen LogP contribution in [0.1, 0.15) is 32.8 Å². The molecule has 0 aromatic heterocycles. The van der Waals surface area contributed by atoms with Crippen molar-refractivity contribution >= 4 is 11.9 Å². The van der Waals surface area contributed by atoms with Crippen LogP contribution in [0, 0.1) is 12.8 Å². The molecule has 1 heterocycles. The fraction of sp³-hybridized carbons (Fsp3) is 0.529. The largest absolute Gasteiger partial charge is 0.492 e. The molecule has 22 heavy (non-hydrogen) atoms. The van der Waals surface area contributed by atoms with Crippen LogP contribution in [0.2, 0.25) is 0 Å². The predicted molar refractivity (Wildman–Crippen MR) is 84.8 cm³/mol. The van der Waals surface area contributed by atoms with E-state index in [0.717, 1.165) is 11.3 Å². The van der Waals surface area contributed by atoms with Crippen molar-refractivity contribution in [3.05, 3.63) is 29.8 Å². The molecular weight excluding hydrogens is 280 g/mol. The number of aryl methyl sites for hydroxylation is 1. The average Bonchev–Trinajstić information content (AvgIpc) is 2.63. The molecule has 1 atom stereocenters. The maximum absolute atomic E-state index is 12.4. The van der Waals surface area contributed by atoms with Crippen LogP contribution in [0.4, 0.5) is 4.79 Å². The summed E-state index contributed by atoms with van der Waals surface area (Å²) in [6.45, 7) is 8.41. The van der Waals surface area contributed by atoms with E-state index < -0.39 is 5.54 Å². The molecular formula is C17H24N2O3. The minimum absolute atomic E-state index is 0.168. The lowest BCUT2D eigenvalue weighted by molar-refractivity contribution is -0.131. The molecule has 0 aliphatic carbocycles. The van der Waals surface area contributed by atoms with E-state index >= 15 is 0 Å². The number of nitrogens with zero attached hydrogens (tertiary/aromatic N) is 1. The molecule has 1 aromatic rings. The van der Waals surface area contributed by atoms with Gasteiger partial charge in [-0.2, -0.15) is 0 Å². The Morgan fingerprint density at radius 2 is 1.86 bits per heavy atom. The number of carbonyl (C=O) groups excluding carboxylic acids is 2. The van der Waals surface area contributed by atoms with Crippen molar-refractivity contribution in [3.63, 3.8) is 0 Å². The lowest BCUT2D eigenvalue weighted by atomic mass is 9.91. The topological polar surface area (TPSA) is 58.6 Å². The molecule has 5 heteroatoms. The third-order valence-electron chi connectivity index (χ3n) is 3.77. The summed E-state index contributed by atoms with van der Waals surface area (Å²) in [5.74, 6) is 0.902. The Bertz CT molecular complexity index is 554. The number of imide groups is 1. The zero-order valence-corrected chi connectivity index (χ0v) is 13.7. The summed E-state index contributed by atoms with van der Waals surface area (Å²) in [6.07, 6.45) is 0.632. The summed E-state index contributed by atoms with van der Waals surface area (Å²) in [4.78, 5) is 25.7. The highest BCUT2D eigenvalue weighted by Crippen LogP contribution is 2.24. The van der Waals surface area contributed by atoms with Gasteiger partial charge in [-0.1, -0.05) is 31.5 Å². The Morgan fingerprint density at radius 3 is 2.45 bits per heavy atom. The number of carbonyl (C=O) groups is 2. The van der Waals surface area contributed by atoms with E-state index in [1.165, 1.54) is 4.90 Å². The van der Waals surface area contributed by atoms with E-state index in [9.17, 15) is 9.59 Å². The Labute approximate surface area is 131 Å². The van der Waals surface area contributed by atoms with Gasteiger partial charge in [-0.15, -0.1) is 0 Å². The molecule has 1 fully saturated rings. The predicted octanol–water partition coefficient (Wildman–Crippen LogP) is 2.73. The zero-order chi connectivity index (χ0) is 16.3. The van der Waals surface area contributed by atoms with Gasteiger partial charge in [0.05, 0.1) is 6.54 Å². The highest BCUT2D eigenvalue weighted by molar-refractivity contribution is 6.06. The van der Waals surface area contributed by atoms with Crippen LogP contribution < -0.4 is 10.1 Å². The number of benzene rings is 1. The molecule has 120 valence electrons. The van der Waals surface area contributed by atoms with Crippen molar-refractivity contribution in [3.8, 4) is 5.75 Å². The van der Waals surface area contributed by atoms with Crippen LogP contribution >= 0.6 is 0 Å². The first kappa shape index (κ1) is 16.3. The lowest BCUT2D eigenvalue weighted by Gasteiger charge is -2.23. The lowest BCUT2D eigenvalue weighted by Crippen LogP contribution is -2.45. The molecule has 1 saturated heterocycles. The Morgan fingerprint density at radius 1 is 1.23 bits per heavy atom. The fourth-order valence-corrected chi connectivity index (χ4v) is 2.79. The van der Waals surface area contributed by atoms with E-state index in [1.807, 2.05) is 45.0 Å². The van der Waals surface area contributed by atoms with Crippen LogP contribution in [0.25, 0.3) is 0 Å². The second-order valence-electron chi connectivity index (χ2n) is 6.48. The van der Waals surface area contributed by atoms with E-state index in [1.54, 1.807) is 6.92 Å². The third-order valence-corrected chi connectivity index (χ3v) is 3.77. The summed E-state index contributed by atoms with van der Waals surface area (Å²) < 4.78 is 5.59. The van der Waals surface area contributed by atoms with Gasteiger partial charge < -0.3 is 10.1 Å². The number of hydrogen-bond donors (Lipinski definition) is 1. The second-order valence-corrected chi connectivity index (χ2v) is 6.48. The van der Waals surface area contributed by atoms with Crippen molar-refractivity contribution in [1.29, 1.82) is 0 Å². The molecule has 1 aromatic carbocycles. The van der Waals surface area contributed by atoms with Gasteiger partial charge in [-0.25, -0.2) is 4.79 Å². The SMILES string of the molecule is Cc1ccc(OCCN2C(=O)NC(C)(CC(C)C)C2=O)cc1. The Balaban J connectivity index is 1.91.